The number of fused-ring (bicyclic) bond motifs is 1. The van der Waals surface area contributed by atoms with E-state index in [2.05, 4.69) is 35.4 Å². The predicted octanol–water partition coefficient (Wildman–Crippen LogP) is 5.90. The van der Waals surface area contributed by atoms with Crippen molar-refractivity contribution in [2.45, 2.75) is 26.3 Å². The highest BCUT2D eigenvalue weighted by Crippen LogP contribution is 2.34. The molecule has 0 radical (unpaired) electrons. The van der Waals surface area contributed by atoms with Gasteiger partial charge in [0.1, 0.15) is 0 Å². The zero-order valence-corrected chi connectivity index (χ0v) is 16.5. The van der Waals surface area contributed by atoms with Crippen LogP contribution in [0.25, 0.3) is 11.1 Å². The summed E-state index contributed by atoms with van der Waals surface area (Å²) in [5.74, 6) is 0.0349. The highest BCUT2D eigenvalue weighted by molar-refractivity contribution is 6.34. The van der Waals surface area contributed by atoms with Gasteiger partial charge >= 0.3 is 0 Å². The minimum absolute atomic E-state index is 0.0349. The third-order valence-corrected chi connectivity index (χ3v) is 5.25. The Morgan fingerprint density at radius 2 is 1.89 bits per heavy atom. The number of amides is 1. The van der Waals surface area contributed by atoms with Crippen molar-refractivity contribution in [1.29, 1.82) is 0 Å². The zero-order chi connectivity index (χ0) is 19.5. The van der Waals surface area contributed by atoms with E-state index in [1.54, 1.807) is 6.20 Å². The first-order valence-corrected chi connectivity index (χ1v) is 9.92. The SMILES string of the molecule is CCCCN1Cc2cc(Nc3cncc(-c4ccccc4)c3)cc(Cl)c2C1=O. The van der Waals surface area contributed by atoms with E-state index in [-0.39, 0.29) is 5.91 Å². The number of hydrogen-bond donors (Lipinski definition) is 1. The molecular formula is C23H22ClN3O. The molecule has 1 amide bonds. The van der Waals surface area contributed by atoms with Gasteiger partial charge in [-0.15, -0.1) is 0 Å². The number of aromatic nitrogens is 1. The number of hydrogen-bond acceptors (Lipinski definition) is 3. The van der Waals surface area contributed by atoms with E-state index in [1.165, 1.54) is 0 Å². The van der Waals surface area contributed by atoms with Crippen molar-refractivity contribution >= 4 is 28.9 Å². The van der Waals surface area contributed by atoms with E-state index in [0.29, 0.717) is 17.1 Å². The number of benzene rings is 2. The molecule has 4 rings (SSSR count). The van der Waals surface area contributed by atoms with E-state index in [4.69, 9.17) is 11.6 Å². The van der Waals surface area contributed by atoms with Crippen molar-refractivity contribution in [3.63, 3.8) is 0 Å². The Morgan fingerprint density at radius 3 is 2.68 bits per heavy atom. The second-order valence-electron chi connectivity index (χ2n) is 7.03. The molecule has 0 spiro atoms. The van der Waals surface area contributed by atoms with Crippen molar-refractivity contribution in [3.8, 4) is 11.1 Å². The van der Waals surface area contributed by atoms with Crippen LogP contribution in [0.1, 0.15) is 35.7 Å². The first kappa shape index (κ1) is 18.5. The normalized spacial score (nSPS) is 12.9. The van der Waals surface area contributed by atoms with E-state index in [1.807, 2.05) is 41.4 Å². The monoisotopic (exact) mass is 391 g/mol. The highest BCUT2D eigenvalue weighted by Gasteiger charge is 2.29. The topological polar surface area (TPSA) is 45.2 Å². The summed E-state index contributed by atoms with van der Waals surface area (Å²) in [5.41, 5.74) is 5.51. The number of unbranched alkanes of at least 4 members (excludes halogenated alkanes) is 1. The molecular weight excluding hydrogens is 370 g/mol. The summed E-state index contributed by atoms with van der Waals surface area (Å²) in [6.45, 7) is 3.51. The van der Waals surface area contributed by atoms with Gasteiger partial charge in [-0.05, 0) is 35.7 Å². The summed E-state index contributed by atoms with van der Waals surface area (Å²) >= 11 is 6.46. The number of nitrogens with zero attached hydrogens (tertiary/aromatic N) is 2. The Labute approximate surface area is 170 Å². The third-order valence-electron chi connectivity index (χ3n) is 4.95. The lowest BCUT2D eigenvalue weighted by atomic mass is 10.1. The number of anilines is 2. The molecule has 1 aromatic heterocycles. The summed E-state index contributed by atoms with van der Waals surface area (Å²) < 4.78 is 0. The molecule has 0 unspecified atom stereocenters. The standard InChI is InChI=1S/C23H22ClN3O/c1-2-3-9-27-15-18-11-19(12-21(24)22(18)23(27)28)26-20-10-17(13-25-14-20)16-7-5-4-6-8-16/h4-8,10-14,26H,2-3,9,15H2,1H3. The van der Waals surface area contributed by atoms with Gasteiger partial charge in [0.2, 0.25) is 0 Å². The largest absolute Gasteiger partial charge is 0.354 e. The second-order valence-corrected chi connectivity index (χ2v) is 7.43. The van der Waals surface area contributed by atoms with Crippen LogP contribution in [0.4, 0.5) is 11.4 Å². The summed E-state index contributed by atoms with van der Waals surface area (Å²) in [6.07, 6.45) is 5.69. The summed E-state index contributed by atoms with van der Waals surface area (Å²) in [6, 6.07) is 16.0. The highest BCUT2D eigenvalue weighted by atomic mass is 35.5. The van der Waals surface area contributed by atoms with Crippen molar-refractivity contribution in [1.82, 2.24) is 9.88 Å². The van der Waals surface area contributed by atoms with Crippen molar-refractivity contribution < 1.29 is 4.79 Å². The summed E-state index contributed by atoms with van der Waals surface area (Å²) in [7, 11) is 0. The van der Waals surface area contributed by atoms with Gasteiger partial charge in [0.25, 0.3) is 5.91 Å². The molecule has 0 fully saturated rings. The fraction of sp³-hybridized carbons (Fsp3) is 0.217. The maximum absolute atomic E-state index is 12.6. The Kier molecular flexibility index (Phi) is 5.31. The van der Waals surface area contributed by atoms with Gasteiger partial charge in [0.05, 0.1) is 22.5 Å². The molecule has 5 heteroatoms. The molecule has 0 saturated heterocycles. The Balaban J connectivity index is 1.58. The quantitative estimate of drug-likeness (QED) is 0.568. The van der Waals surface area contributed by atoms with E-state index in [9.17, 15) is 4.79 Å². The van der Waals surface area contributed by atoms with Gasteiger partial charge in [-0.1, -0.05) is 55.3 Å². The molecule has 3 aromatic rings. The maximum atomic E-state index is 12.6. The lowest BCUT2D eigenvalue weighted by Gasteiger charge is -2.14. The van der Waals surface area contributed by atoms with E-state index < -0.39 is 0 Å². The number of rotatable bonds is 6. The fourth-order valence-corrected chi connectivity index (χ4v) is 3.85. The van der Waals surface area contributed by atoms with Crippen LogP contribution in [0.5, 0.6) is 0 Å². The number of carbonyl (C=O) groups excluding carboxylic acids is 1. The average molecular weight is 392 g/mol. The number of carbonyl (C=O) groups is 1. The molecule has 28 heavy (non-hydrogen) atoms. The fourth-order valence-electron chi connectivity index (χ4n) is 3.53. The predicted molar refractivity (Wildman–Crippen MR) is 114 cm³/mol. The van der Waals surface area contributed by atoms with Crippen molar-refractivity contribution in [2.75, 3.05) is 11.9 Å². The minimum Gasteiger partial charge on any atom is -0.354 e. The Hall–Kier alpha value is -2.85. The molecule has 2 heterocycles. The zero-order valence-electron chi connectivity index (χ0n) is 15.8. The average Bonchev–Trinajstić information content (AvgIpc) is 3.03. The number of nitrogens with one attached hydrogen (secondary N) is 1. The van der Waals surface area contributed by atoms with Crippen LogP contribution in [-0.4, -0.2) is 22.3 Å². The molecule has 0 saturated carbocycles. The van der Waals surface area contributed by atoms with Gasteiger partial charge in [-0.25, -0.2) is 0 Å². The van der Waals surface area contributed by atoms with Gasteiger partial charge in [0.15, 0.2) is 0 Å². The number of halogens is 1. The molecule has 1 N–H and O–H groups in total. The first-order chi connectivity index (χ1) is 13.7. The van der Waals surface area contributed by atoms with Gasteiger partial charge < -0.3 is 10.2 Å². The van der Waals surface area contributed by atoms with Crippen LogP contribution >= 0.6 is 11.6 Å². The van der Waals surface area contributed by atoms with Crippen molar-refractivity contribution in [2.24, 2.45) is 0 Å². The molecule has 0 aliphatic carbocycles. The van der Waals surface area contributed by atoms with E-state index in [0.717, 1.165) is 47.5 Å². The first-order valence-electron chi connectivity index (χ1n) is 9.55. The van der Waals surface area contributed by atoms with Crippen LogP contribution in [0.2, 0.25) is 5.02 Å². The maximum Gasteiger partial charge on any atom is 0.256 e. The Morgan fingerprint density at radius 1 is 1.07 bits per heavy atom. The number of pyridine rings is 1. The second kappa shape index (κ2) is 8.03. The minimum atomic E-state index is 0.0349. The van der Waals surface area contributed by atoms with Crippen LogP contribution in [0, 0.1) is 0 Å². The molecule has 0 bridgehead atoms. The summed E-state index contributed by atoms with van der Waals surface area (Å²) in [5, 5.41) is 3.88. The molecule has 1 aliphatic heterocycles. The van der Waals surface area contributed by atoms with E-state index >= 15 is 0 Å². The lowest BCUT2D eigenvalue weighted by molar-refractivity contribution is 0.0776. The van der Waals surface area contributed by atoms with Crippen LogP contribution in [0.3, 0.4) is 0 Å². The molecule has 4 nitrogen and oxygen atoms in total. The van der Waals surface area contributed by atoms with Crippen LogP contribution < -0.4 is 5.32 Å². The van der Waals surface area contributed by atoms with Gasteiger partial charge in [-0.2, -0.15) is 0 Å². The van der Waals surface area contributed by atoms with Gasteiger partial charge in [-0.3, -0.25) is 9.78 Å². The van der Waals surface area contributed by atoms with Gasteiger partial charge in [0, 0.05) is 30.5 Å². The molecule has 2 aromatic carbocycles. The van der Waals surface area contributed by atoms with Crippen LogP contribution in [-0.2, 0) is 6.54 Å². The molecule has 142 valence electrons. The third kappa shape index (κ3) is 3.73. The van der Waals surface area contributed by atoms with Crippen molar-refractivity contribution in [3.05, 3.63) is 77.1 Å². The summed E-state index contributed by atoms with van der Waals surface area (Å²) in [4.78, 5) is 18.8. The van der Waals surface area contributed by atoms with Crippen LogP contribution in [0.15, 0.2) is 60.9 Å². The Bertz CT molecular complexity index is 1000. The smallest absolute Gasteiger partial charge is 0.256 e. The molecule has 1 aliphatic rings. The lowest BCUT2D eigenvalue weighted by Crippen LogP contribution is -2.24. The molecule has 0 atom stereocenters.